The first-order chi connectivity index (χ1) is 14.5. The molecule has 3 heterocycles. The molecule has 0 radical (unpaired) electrons. The standard InChI is InChI=1S/C19H19F2N5O4/c20-14-3-10(26-6-11(30-19(26)29)5-25-2-1-22-23-25)4-15(21)18(14)17-12-7-24(8-13(12)17)16(28)9-27/h1-4,11-13,17,27H,5-9H2/t11-,12-,13+,17?/m0/s1. The van der Waals surface area contributed by atoms with Crippen LogP contribution in [0.15, 0.2) is 24.5 Å². The molecule has 4 atom stereocenters. The Balaban J connectivity index is 1.30. The van der Waals surface area contributed by atoms with E-state index in [9.17, 15) is 18.4 Å². The lowest BCUT2D eigenvalue weighted by molar-refractivity contribution is -0.133. The molecule has 2 aliphatic heterocycles. The highest BCUT2D eigenvalue weighted by atomic mass is 19.1. The zero-order chi connectivity index (χ0) is 21.0. The van der Waals surface area contributed by atoms with Crippen molar-refractivity contribution < 1.29 is 28.2 Å². The van der Waals surface area contributed by atoms with Crippen molar-refractivity contribution in [2.24, 2.45) is 11.8 Å². The Morgan fingerprint density at radius 2 is 1.90 bits per heavy atom. The number of aliphatic hydroxyl groups excluding tert-OH is 1. The Labute approximate surface area is 169 Å². The topological polar surface area (TPSA) is 101 Å². The summed E-state index contributed by atoms with van der Waals surface area (Å²) in [6.07, 6.45) is 1.95. The highest BCUT2D eigenvalue weighted by Crippen LogP contribution is 2.59. The Bertz CT molecular complexity index is 966. The maximum atomic E-state index is 14.9. The first kappa shape index (κ1) is 18.9. The maximum Gasteiger partial charge on any atom is 0.414 e. The van der Waals surface area contributed by atoms with Crippen molar-refractivity contribution in [2.75, 3.05) is 31.1 Å². The van der Waals surface area contributed by atoms with E-state index in [1.807, 2.05) is 0 Å². The molecular formula is C19H19F2N5O4. The van der Waals surface area contributed by atoms with Crippen molar-refractivity contribution >= 4 is 17.7 Å². The van der Waals surface area contributed by atoms with Gasteiger partial charge in [-0.1, -0.05) is 5.21 Å². The van der Waals surface area contributed by atoms with Crippen LogP contribution in [0.1, 0.15) is 11.5 Å². The van der Waals surface area contributed by atoms with Crippen LogP contribution in [0.3, 0.4) is 0 Å². The quantitative estimate of drug-likeness (QED) is 0.768. The van der Waals surface area contributed by atoms with E-state index in [1.54, 1.807) is 6.20 Å². The summed E-state index contributed by atoms with van der Waals surface area (Å²) in [4.78, 5) is 26.5. The van der Waals surface area contributed by atoms with E-state index in [0.29, 0.717) is 19.6 Å². The van der Waals surface area contributed by atoms with Crippen LogP contribution < -0.4 is 4.90 Å². The van der Waals surface area contributed by atoms with Crippen LogP contribution in [0, 0.1) is 23.5 Å². The number of fused-ring (bicyclic) bond motifs is 1. The molecule has 3 aliphatic rings. The minimum atomic E-state index is -0.711. The lowest BCUT2D eigenvalue weighted by Crippen LogP contribution is -2.33. The van der Waals surface area contributed by atoms with Crippen LogP contribution in [-0.2, 0) is 16.1 Å². The lowest BCUT2D eigenvalue weighted by Gasteiger charge is -2.20. The number of benzene rings is 1. The lowest BCUT2D eigenvalue weighted by atomic mass is 10.0. The van der Waals surface area contributed by atoms with Crippen LogP contribution in [0.5, 0.6) is 0 Å². The molecule has 1 N–H and O–H groups in total. The molecule has 1 saturated carbocycles. The molecule has 158 valence electrons. The van der Waals surface area contributed by atoms with Crippen molar-refractivity contribution in [3.63, 3.8) is 0 Å². The normalized spacial score (nSPS) is 27.4. The Kier molecular flexibility index (Phi) is 4.42. The average molecular weight is 419 g/mol. The Morgan fingerprint density at radius 1 is 1.20 bits per heavy atom. The van der Waals surface area contributed by atoms with Gasteiger partial charge in [-0.05, 0) is 29.9 Å². The van der Waals surface area contributed by atoms with Gasteiger partial charge < -0.3 is 14.7 Å². The van der Waals surface area contributed by atoms with Gasteiger partial charge in [0, 0.05) is 24.8 Å². The van der Waals surface area contributed by atoms with Crippen molar-refractivity contribution in [3.8, 4) is 0 Å². The summed E-state index contributed by atoms with van der Waals surface area (Å²) in [5.74, 6) is -2.12. The number of anilines is 1. The van der Waals surface area contributed by atoms with Crippen LogP contribution in [-0.4, -0.2) is 69.3 Å². The molecular weight excluding hydrogens is 400 g/mol. The number of hydrogen-bond acceptors (Lipinski definition) is 6. The summed E-state index contributed by atoms with van der Waals surface area (Å²) in [5.41, 5.74) is 0.0966. The second-order valence-corrected chi connectivity index (χ2v) is 7.87. The van der Waals surface area contributed by atoms with Gasteiger partial charge >= 0.3 is 6.09 Å². The van der Waals surface area contributed by atoms with Gasteiger partial charge in [0.25, 0.3) is 0 Å². The molecule has 2 saturated heterocycles. The second kappa shape index (κ2) is 7.01. The molecule has 1 aromatic carbocycles. The van der Waals surface area contributed by atoms with Crippen molar-refractivity contribution in [3.05, 3.63) is 41.7 Å². The van der Waals surface area contributed by atoms with E-state index >= 15 is 0 Å². The number of likely N-dealkylation sites (tertiary alicyclic amines) is 1. The number of aliphatic hydroxyl groups is 1. The summed E-state index contributed by atoms with van der Waals surface area (Å²) in [7, 11) is 0. The van der Waals surface area contributed by atoms with E-state index in [2.05, 4.69) is 10.3 Å². The third kappa shape index (κ3) is 3.09. The Morgan fingerprint density at radius 3 is 2.50 bits per heavy atom. The zero-order valence-corrected chi connectivity index (χ0v) is 15.8. The van der Waals surface area contributed by atoms with Gasteiger partial charge in [0.2, 0.25) is 5.91 Å². The molecule has 1 aliphatic carbocycles. The molecule has 0 bridgehead atoms. The monoisotopic (exact) mass is 419 g/mol. The number of cyclic esters (lactones) is 1. The third-order valence-electron chi connectivity index (χ3n) is 6.13. The fourth-order valence-corrected chi connectivity index (χ4v) is 4.67. The highest BCUT2D eigenvalue weighted by Gasteiger charge is 2.58. The van der Waals surface area contributed by atoms with Gasteiger partial charge in [0.1, 0.15) is 24.3 Å². The number of amides is 2. The number of halogens is 2. The molecule has 1 aromatic heterocycles. The molecule has 9 nitrogen and oxygen atoms in total. The van der Waals surface area contributed by atoms with Gasteiger partial charge in [-0.2, -0.15) is 0 Å². The van der Waals surface area contributed by atoms with Crippen LogP contribution in [0.2, 0.25) is 0 Å². The molecule has 2 aromatic rings. The van der Waals surface area contributed by atoms with Gasteiger partial charge in [-0.15, -0.1) is 5.10 Å². The van der Waals surface area contributed by atoms with Gasteiger partial charge in [-0.3, -0.25) is 9.69 Å². The first-order valence-corrected chi connectivity index (χ1v) is 9.66. The molecule has 0 spiro atoms. The summed E-state index contributed by atoms with van der Waals surface area (Å²) in [6.45, 7) is 0.643. The highest BCUT2D eigenvalue weighted by molar-refractivity contribution is 5.89. The van der Waals surface area contributed by atoms with E-state index in [4.69, 9.17) is 9.84 Å². The summed E-state index contributed by atoms with van der Waals surface area (Å²) in [5, 5.41) is 16.5. The minimum Gasteiger partial charge on any atom is -0.442 e. The van der Waals surface area contributed by atoms with E-state index < -0.39 is 30.4 Å². The maximum absolute atomic E-state index is 14.9. The van der Waals surface area contributed by atoms with Crippen molar-refractivity contribution in [1.82, 2.24) is 19.9 Å². The third-order valence-corrected chi connectivity index (χ3v) is 6.13. The molecule has 2 amide bonds. The predicted octanol–water partition coefficient (Wildman–Crippen LogP) is 0.746. The number of ether oxygens (including phenoxy) is 1. The number of carbonyl (C=O) groups is 2. The number of piperidine rings is 1. The van der Waals surface area contributed by atoms with Crippen LogP contribution in [0.4, 0.5) is 19.3 Å². The number of rotatable bonds is 5. The largest absolute Gasteiger partial charge is 0.442 e. The predicted molar refractivity (Wildman–Crippen MR) is 97.4 cm³/mol. The summed E-state index contributed by atoms with van der Waals surface area (Å²) < 4.78 is 36.5. The molecule has 1 unspecified atom stereocenters. The number of nitrogens with zero attached hydrogens (tertiary/aromatic N) is 5. The SMILES string of the molecule is O=C(CO)N1C[C@@H]2C(c3c(F)cc(N4C[C@H](Cn5ccnn5)OC4=O)cc3F)[C@@H]2C1. The zero-order valence-electron chi connectivity index (χ0n) is 15.8. The first-order valence-electron chi connectivity index (χ1n) is 9.66. The fraction of sp³-hybridized carbons (Fsp3) is 0.474. The van der Waals surface area contributed by atoms with Crippen molar-refractivity contribution in [1.29, 1.82) is 0 Å². The number of aromatic nitrogens is 3. The van der Waals surface area contributed by atoms with Crippen LogP contribution in [0.25, 0.3) is 0 Å². The van der Waals surface area contributed by atoms with E-state index in [1.165, 1.54) is 20.7 Å². The smallest absolute Gasteiger partial charge is 0.414 e. The summed E-state index contributed by atoms with van der Waals surface area (Å²) >= 11 is 0. The average Bonchev–Trinajstić information content (AvgIpc) is 3.18. The summed E-state index contributed by atoms with van der Waals surface area (Å²) in [6, 6.07) is 2.31. The van der Waals surface area contributed by atoms with Gasteiger partial charge in [-0.25, -0.2) is 18.3 Å². The van der Waals surface area contributed by atoms with Gasteiger partial charge in [0.05, 0.1) is 25.0 Å². The Hall–Kier alpha value is -3.08. The fourth-order valence-electron chi connectivity index (χ4n) is 4.67. The van der Waals surface area contributed by atoms with Crippen molar-refractivity contribution in [2.45, 2.75) is 18.6 Å². The molecule has 11 heteroatoms. The molecule has 5 rings (SSSR count). The number of hydrogen-bond donors (Lipinski definition) is 1. The van der Waals surface area contributed by atoms with E-state index in [0.717, 1.165) is 12.1 Å². The van der Waals surface area contributed by atoms with E-state index in [-0.39, 0.29) is 41.5 Å². The second-order valence-electron chi connectivity index (χ2n) is 7.87. The molecule has 30 heavy (non-hydrogen) atoms. The molecule has 3 fully saturated rings. The van der Waals surface area contributed by atoms with Gasteiger partial charge in [0.15, 0.2) is 0 Å². The van der Waals surface area contributed by atoms with Crippen LogP contribution >= 0.6 is 0 Å². The number of carbonyl (C=O) groups excluding carboxylic acids is 2. The minimum absolute atomic E-state index is 0.00317.